The number of rotatable bonds is 7. The van der Waals surface area contributed by atoms with Crippen LogP contribution >= 0.6 is 0 Å². The first kappa shape index (κ1) is 20.7. The summed E-state index contributed by atoms with van der Waals surface area (Å²) in [5.41, 5.74) is 6.10. The summed E-state index contributed by atoms with van der Waals surface area (Å²) in [6.07, 6.45) is 1.12. The number of nitrogens with two attached hydrogens (primary N) is 1. The zero-order chi connectivity index (χ0) is 20.6. The molecule has 7 nitrogen and oxygen atoms in total. The van der Waals surface area contributed by atoms with Crippen LogP contribution in [0.4, 0.5) is 4.79 Å². The van der Waals surface area contributed by atoms with Crippen molar-refractivity contribution >= 4 is 11.9 Å². The molecule has 2 aromatic rings. The summed E-state index contributed by atoms with van der Waals surface area (Å²) in [7, 11) is 0. The van der Waals surface area contributed by atoms with Crippen LogP contribution in [-0.2, 0) is 4.79 Å². The summed E-state index contributed by atoms with van der Waals surface area (Å²) < 4.78 is 5.86. The molecule has 1 saturated heterocycles. The molecule has 0 spiro atoms. The van der Waals surface area contributed by atoms with Gasteiger partial charge in [0.2, 0.25) is 5.91 Å². The number of benzene rings is 2. The van der Waals surface area contributed by atoms with Gasteiger partial charge in [-0.3, -0.25) is 4.79 Å². The van der Waals surface area contributed by atoms with E-state index in [1.54, 1.807) is 0 Å². The van der Waals surface area contributed by atoms with Crippen molar-refractivity contribution < 1.29 is 14.3 Å². The van der Waals surface area contributed by atoms with E-state index in [2.05, 4.69) is 22.9 Å². The summed E-state index contributed by atoms with van der Waals surface area (Å²) in [4.78, 5) is 24.2. The van der Waals surface area contributed by atoms with Crippen molar-refractivity contribution in [1.82, 2.24) is 16.0 Å². The molecule has 1 heterocycles. The number of primary amides is 1. The molecule has 3 unspecified atom stereocenters. The van der Waals surface area contributed by atoms with Gasteiger partial charge >= 0.3 is 6.03 Å². The van der Waals surface area contributed by atoms with Gasteiger partial charge in [0.25, 0.3) is 0 Å². The third-order valence-corrected chi connectivity index (χ3v) is 5.12. The predicted octanol–water partition coefficient (Wildman–Crippen LogP) is 2.69. The quantitative estimate of drug-likeness (QED) is 0.577. The van der Waals surface area contributed by atoms with Crippen LogP contribution in [0.3, 0.4) is 0 Å². The minimum Gasteiger partial charge on any atom is -0.457 e. The summed E-state index contributed by atoms with van der Waals surface area (Å²) in [5, 5.41) is 9.04. The van der Waals surface area contributed by atoms with E-state index in [9.17, 15) is 9.59 Å². The lowest BCUT2D eigenvalue weighted by Gasteiger charge is -2.30. The number of hydrogen-bond acceptors (Lipinski definition) is 4. The van der Waals surface area contributed by atoms with E-state index >= 15 is 0 Å². The highest BCUT2D eigenvalue weighted by Gasteiger charge is 2.25. The maximum Gasteiger partial charge on any atom is 0.312 e. The van der Waals surface area contributed by atoms with Gasteiger partial charge in [0.15, 0.2) is 0 Å². The number of ether oxygens (including phenoxy) is 1. The second-order valence-corrected chi connectivity index (χ2v) is 7.40. The minimum atomic E-state index is -0.676. The van der Waals surface area contributed by atoms with Crippen molar-refractivity contribution in [3.8, 4) is 11.5 Å². The lowest BCUT2D eigenvalue weighted by molar-refractivity contribution is -0.122. The highest BCUT2D eigenvalue weighted by atomic mass is 16.5. The molecule has 0 aromatic heterocycles. The second-order valence-electron chi connectivity index (χ2n) is 7.40. The van der Waals surface area contributed by atoms with Gasteiger partial charge in [-0.2, -0.15) is 0 Å². The Morgan fingerprint density at radius 2 is 1.93 bits per heavy atom. The molecule has 7 heteroatoms. The molecule has 0 radical (unpaired) electrons. The summed E-state index contributed by atoms with van der Waals surface area (Å²) >= 11 is 0. The molecule has 0 bridgehead atoms. The summed E-state index contributed by atoms with van der Waals surface area (Å²) in [5.74, 6) is 1.61. The number of carbonyl (C=O) groups is 2. The van der Waals surface area contributed by atoms with Gasteiger partial charge in [-0.15, -0.1) is 0 Å². The van der Waals surface area contributed by atoms with Gasteiger partial charge in [0.05, 0.1) is 12.5 Å². The monoisotopic (exact) mass is 396 g/mol. The normalized spacial score (nSPS) is 19.8. The van der Waals surface area contributed by atoms with Crippen molar-refractivity contribution in [3.63, 3.8) is 0 Å². The average Bonchev–Trinajstić information content (AvgIpc) is 2.70. The Morgan fingerprint density at radius 3 is 2.66 bits per heavy atom. The summed E-state index contributed by atoms with van der Waals surface area (Å²) in [6.45, 7) is 3.85. The lowest BCUT2D eigenvalue weighted by atomic mass is 9.94. The first-order chi connectivity index (χ1) is 14.0. The molecule has 1 aliphatic rings. The molecule has 3 rings (SSSR count). The van der Waals surface area contributed by atoms with Crippen LogP contribution in [0.2, 0.25) is 0 Å². The number of urea groups is 1. The third kappa shape index (κ3) is 6.22. The Kier molecular flexibility index (Phi) is 7.08. The van der Waals surface area contributed by atoms with Gasteiger partial charge in [0, 0.05) is 12.6 Å². The highest BCUT2D eigenvalue weighted by molar-refractivity contribution is 5.79. The van der Waals surface area contributed by atoms with Gasteiger partial charge in [-0.1, -0.05) is 37.3 Å². The third-order valence-electron chi connectivity index (χ3n) is 5.12. The van der Waals surface area contributed by atoms with Crippen LogP contribution in [0.15, 0.2) is 54.6 Å². The van der Waals surface area contributed by atoms with Gasteiger partial charge in [-0.05, 0) is 48.7 Å². The van der Waals surface area contributed by atoms with Crippen molar-refractivity contribution in [2.45, 2.75) is 31.8 Å². The summed E-state index contributed by atoms with van der Waals surface area (Å²) in [6, 6.07) is 15.6. The first-order valence-electron chi connectivity index (χ1n) is 9.90. The first-order valence-corrected chi connectivity index (χ1v) is 9.90. The van der Waals surface area contributed by atoms with Crippen LogP contribution < -0.4 is 26.4 Å². The van der Waals surface area contributed by atoms with E-state index < -0.39 is 12.1 Å². The Balaban J connectivity index is 1.70. The number of para-hydroxylation sites is 1. The molecule has 1 fully saturated rings. The largest absolute Gasteiger partial charge is 0.457 e. The lowest BCUT2D eigenvalue weighted by Crippen LogP contribution is -2.50. The molecule has 154 valence electrons. The number of amides is 3. The highest BCUT2D eigenvalue weighted by Crippen LogP contribution is 2.26. The fourth-order valence-electron chi connectivity index (χ4n) is 3.48. The van der Waals surface area contributed by atoms with E-state index in [4.69, 9.17) is 10.5 Å². The van der Waals surface area contributed by atoms with E-state index in [1.807, 2.05) is 54.6 Å². The Morgan fingerprint density at radius 1 is 1.17 bits per heavy atom. The van der Waals surface area contributed by atoms with E-state index in [1.165, 1.54) is 0 Å². The van der Waals surface area contributed by atoms with Crippen LogP contribution in [0.25, 0.3) is 0 Å². The Bertz CT molecular complexity index is 828. The fourth-order valence-corrected chi connectivity index (χ4v) is 3.48. The smallest absolute Gasteiger partial charge is 0.312 e. The second kappa shape index (κ2) is 9.93. The molecule has 0 aliphatic carbocycles. The zero-order valence-corrected chi connectivity index (χ0v) is 16.6. The topological polar surface area (TPSA) is 105 Å². The standard InChI is InChI=1S/C22H28N4O3/c1-15-10-11-24-14-20(15)25-21(27)13-19(26-22(23)28)16-6-5-9-18(12-16)29-17-7-3-2-4-8-17/h2-9,12,15,19-20,24H,10-11,13-14H2,1H3,(H,25,27)(H3,23,26,28). The minimum absolute atomic E-state index is 0.0817. The maximum atomic E-state index is 12.6. The molecule has 3 amide bonds. The van der Waals surface area contributed by atoms with Crippen LogP contribution in [0.1, 0.15) is 31.4 Å². The number of carbonyl (C=O) groups excluding carboxylic acids is 2. The van der Waals surface area contributed by atoms with Crippen LogP contribution in [-0.4, -0.2) is 31.1 Å². The van der Waals surface area contributed by atoms with Gasteiger partial charge < -0.3 is 26.4 Å². The molecule has 3 atom stereocenters. The SMILES string of the molecule is CC1CCNCC1NC(=O)CC(NC(N)=O)c1cccc(Oc2ccccc2)c1. The molecular formula is C22H28N4O3. The van der Waals surface area contributed by atoms with E-state index in [0.717, 1.165) is 25.1 Å². The van der Waals surface area contributed by atoms with Crippen molar-refractivity contribution in [3.05, 3.63) is 60.2 Å². The van der Waals surface area contributed by atoms with Crippen LogP contribution in [0, 0.1) is 5.92 Å². The zero-order valence-electron chi connectivity index (χ0n) is 16.6. The number of hydrogen-bond donors (Lipinski definition) is 4. The molecule has 2 aromatic carbocycles. The molecule has 1 aliphatic heterocycles. The molecule has 29 heavy (non-hydrogen) atoms. The van der Waals surface area contributed by atoms with Crippen molar-refractivity contribution in [1.29, 1.82) is 0 Å². The van der Waals surface area contributed by atoms with Crippen molar-refractivity contribution in [2.75, 3.05) is 13.1 Å². The predicted molar refractivity (Wildman–Crippen MR) is 112 cm³/mol. The number of nitrogens with one attached hydrogen (secondary N) is 3. The fraction of sp³-hybridized carbons (Fsp3) is 0.364. The van der Waals surface area contributed by atoms with Crippen LogP contribution in [0.5, 0.6) is 11.5 Å². The average molecular weight is 396 g/mol. The Hall–Kier alpha value is -3.06. The van der Waals surface area contributed by atoms with Gasteiger partial charge in [0.1, 0.15) is 11.5 Å². The molecular weight excluding hydrogens is 368 g/mol. The van der Waals surface area contributed by atoms with Gasteiger partial charge in [-0.25, -0.2) is 4.79 Å². The van der Waals surface area contributed by atoms with E-state index in [-0.39, 0.29) is 18.4 Å². The van der Waals surface area contributed by atoms with E-state index in [0.29, 0.717) is 17.4 Å². The number of piperidine rings is 1. The van der Waals surface area contributed by atoms with Crippen molar-refractivity contribution in [2.24, 2.45) is 11.7 Å². The maximum absolute atomic E-state index is 12.6. The Labute approximate surface area is 171 Å². The molecule has 0 saturated carbocycles. The molecule has 5 N–H and O–H groups in total.